The molecule has 0 spiro atoms. The molecule has 0 aromatic heterocycles. The molecule has 2 aliphatic heterocycles. The van der Waals surface area contributed by atoms with Crippen molar-refractivity contribution in [2.75, 3.05) is 39.8 Å². The molecular weight excluding hydrogens is 466 g/mol. The van der Waals surface area contributed by atoms with Gasteiger partial charge in [-0.1, -0.05) is 54.1 Å². The maximum atomic E-state index is 13.0. The van der Waals surface area contributed by atoms with Gasteiger partial charge in [-0.2, -0.15) is 17.8 Å². The minimum Gasteiger partial charge on any atom is -0.305 e. The fourth-order valence-electron chi connectivity index (χ4n) is 3.95. The predicted octanol–water partition coefficient (Wildman–Crippen LogP) is 2.90. The zero-order valence-corrected chi connectivity index (χ0v) is 20.2. The molecule has 10 heteroatoms. The van der Waals surface area contributed by atoms with Crippen LogP contribution in [0.3, 0.4) is 0 Å². The average Bonchev–Trinajstić information content (AvgIpc) is 3.10. The van der Waals surface area contributed by atoms with Gasteiger partial charge in [-0.05, 0) is 55.5 Å². The smallest absolute Gasteiger partial charge is 0.303 e. The van der Waals surface area contributed by atoms with E-state index >= 15 is 0 Å². The second-order valence-electron chi connectivity index (χ2n) is 8.01. The molecule has 2 heterocycles. The Hall–Kier alpha value is -2.04. The topological polar surface area (TPSA) is 68.2 Å². The molecule has 2 aliphatic rings. The molecule has 32 heavy (non-hydrogen) atoms. The van der Waals surface area contributed by atoms with E-state index in [1.807, 2.05) is 61.6 Å². The van der Waals surface area contributed by atoms with Crippen molar-refractivity contribution in [3.05, 3.63) is 70.7 Å². The maximum absolute atomic E-state index is 13.0. The first-order valence-corrected chi connectivity index (χ1v) is 12.7. The van der Waals surface area contributed by atoms with Gasteiger partial charge in [-0.15, -0.1) is 0 Å². The van der Waals surface area contributed by atoms with Crippen LogP contribution in [0.4, 0.5) is 0 Å². The Morgan fingerprint density at radius 3 is 2.50 bits per heavy atom. The number of nitrogens with zero attached hydrogens (tertiary/aromatic N) is 4. The second kappa shape index (κ2) is 9.84. The van der Waals surface area contributed by atoms with Gasteiger partial charge in [0.1, 0.15) is 0 Å². The van der Waals surface area contributed by atoms with Crippen LogP contribution in [0.15, 0.2) is 59.7 Å². The summed E-state index contributed by atoms with van der Waals surface area (Å²) in [6.45, 7) is 2.91. The number of thiocarbonyl (C=S) groups is 1. The maximum Gasteiger partial charge on any atom is 0.303 e. The molecule has 0 aliphatic carbocycles. The fraction of sp³-hybridized carbons (Fsp3) is 0.364. The lowest BCUT2D eigenvalue weighted by Crippen LogP contribution is -2.48. The molecule has 4 rings (SSSR count). The fourth-order valence-corrected chi connectivity index (χ4v) is 5.65. The monoisotopic (exact) mass is 491 g/mol. The Balaban J connectivity index is 1.56. The van der Waals surface area contributed by atoms with Crippen LogP contribution >= 0.6 is 23.8 Å². The van der Waals surface area contributed by atoms with Gasteiger partial charge < -0.3 is 4.90 Å². The molecule has 1 unspecified atom stereocenters. The molecule has 2 aromatic carbocycles. The van der Waals surface area contributed by atoms with Gasteiger partial charge in [0.2, 0.25) is 5.11 Å². The highest BCUT2D eigenvalue weighted by Crippen LogP contribution is 2.29. The van der Waals surface area contributed by atoms with Gasteiger partial charge in [0.25, 0.3) is 0 Å². The van der Waals surface area contributed by atoms with Crippen LogP contribution in [0.5, 0.6) is 0 Å². The zero-order chi connectivity index (χ0) is 22.7. The molecule has 1 fully saturated rings. The first-order chi connectivity index (χ1) is 15.3. The molecule has 1 atom stereocenters. The molecule has 0 amide bonds. The Kier molecular flexibility index (Phi) is 7.11. The van der Waals surface area contributed by atoms with Gasteiger partial charge in [-0.3, -0.25) is 0 Å². The summed E-state index contributed by atoms with van der Waals surface area (Å²) in [5, 5.41) is 7.01. The molecule has 7 nitrogen and oxygen atoms in total. The molecule has 0 bridgehead atoms. The standard InChI is InChI=1S/C22H26ClN5O2S2/c1-26-12-5-13-27(15-14-26)32(29,30)25-22(31)28-16-20(17-6-3-2-4-7-17)21(24-28)18-8-10-19(23)11-9-18/h2-4,6-11,20H,5,12-16H2,1H3,(H,25,31). The van der Waals surface area contributed by atoms with E-state index in [1.54, 1.807) is 5.01 Å². The quantitative estimate of drug-likeness (QED) is 0.666. The first kappa shape index (κ1) is 23.1. The predicted molar refractivity (Wildman–Crippen MR) is 132 cm³/mol. The van der Waals surface area contributed by atoms with E-state index in [0.29, 0.717) is 31.2 Å². The molecule has 1 N–H and O–H groups in total. The normalized spacial score (nSPS) is 20.6. The Labute approximate surface area is 199 Å². The SMILES string of the molecule is CN1CCCN(S(=O)(=O)NC(=S)N2CC(c3ccccc3)C(c3ccc(Cl)cc3)=N2)CC1. The van der Waals surface area contributed by atoms with Gasteiger partial charge in [0.15, 0.2) is 0 Å². The lowest BCUT2D eigenvalue weighted by Gasteiger charge is -2.23. The zero-order valence-electron chi connectivity index (χ0n) is 17.8. The van der Waals surface area contributed by atoms with Crippen LogP contribution in [0, 0.1) is 0 Å². The van der Waals surface area contributed by atoms with E-state index in [9.17, 15) is 8.42 Å². The van der Waals surface area contributed by atoms with Gasteiger partial charge in [-0.25, -0.2) is 9.73 Å². The first-order valence-electron chi connectivity index (χ1n) is 10.5. The van der Waals surface area contributed by atoms with Crippen molar-refractivity contribution in [2.45, 2.75) is 12.3 Å². The lowest BCUT2D eigenvalue weighted by atomic mass is 9.91. The lowest BCUT2D eigenvalue weighted by molar-refractivity contribution is 0.346. The highest BCUT2D eigenvalue weighted by atomic mass is 35.5. The summed E-state index contributed by atoms with van der Waals surface area (Å²) in [5.41, 5.74) is 2.84. The van der Waals surface area contributed by atoms with E-state index in [0.717, 1.165) is 29.8 Å². The van der Waals surface area contributed by atoms with E-state index in [4.69, 9.17) is 28.9 Å². The number of hydrogen-bond donors (Lipinski definition) is 1. The van der Waals surface area contributed by atoms with Crippen molar-refractivity contribution in [1.82, 2.24) is 18.9 Å². The number of likely N-dealkylation sites (N-methyl/N-ethyl adjacent to an activating group) is 1. The summed E-state index contributed by atoms with van der Waals surface area (Å²) >= 11 is 11.5. The summed E-state index contributed by atoms with van der Waals surface area (Å²) in [7, 11) is -1.75. The summed E-state index contributed by atoms with van der Waals surface area (Å²) in [6, 6.07) is 17.5. The van der Waals surface area contributed by atoms with Crippen LogP contribution < -0.4 is 4.72 Å². The van der Waals surface area contributed by atoms with Crippen LogP contribution in [-0.2, 0) is 10.2 Å². The number of hydrogen-bond acceptors (Lipinski definition) is 5. The van der Waals surface area contributed by atoms with Crippen molar-refractivity contribution in [1.29, 1.82) is 0 Å². The van der Waals surface area contributed by atoms with Gasteiger partial charge >= 0.3 is 10.2 Å². The molecule has 2 aromatic rings. The minimum absolute atomic E-state index is 0.0494. The largest absolute Gasteiger partial charge is 0.305 e. The Morgan fingerprint density at radius 1 is 1.06 bits per heavy atom. The number of nitrogens with one attached hydrogen (secondary N) is 1. The molecular formula is C22H26ClN5O2S2. The Bertz CT molecular complexity index is 1090. The van der Waals surface area contributed by atoms with E-state index in [-0.39, 0.29) is 11.0 Å². The van der Waals surface area contributed by atoms with Crippen LogP contribution in [0.2, 0.25) is 5.02 Å². The highest BCUT2D eigenvalue weighted by molar-refractivity contribution is 7.89. The van der Waals surface area contributed by atoms with Gasteiger partial charge in [0, 0.05) is 30.6 Å². The van der Waals surface area contributed by atoms with Crippen molar-refractivity contribution in [3.63, 3.8) is 0 Å². The van der Waals surface area contributed by atoms with Crippen molar-refractivity contribution in [2.24, 2.45) is 5.10 Å². The van der Waals surface area contributed by atoms with Crippen molar-refractivity contribution < 1.29 is 8.42 Å². The summed E-state index contributed by atoms with van der Waals surface area (Å²) < 4.78 is 30.0. The molecule has 0 saturated carbocycles. The number of benzene rings is 2. The van der Waals surface area contributed by atoms with E-state index in [1.165, 1.54) is 4.31 Å². The second-order valence-corrected chi connectivity index (χ2v) is 10.5. The average molecular weight is 492 g/mol. The molecule has 170 valence electrons. The van der Waals surface area contributed by atoms with Crippen molar-refractivity contribution in [3.8, 4) is 0 Å². The van der Waals surface area contributed by atoms with Crippen LogP contribution in [0.1, 0.15) is 23.5 Å². The minimum atomic E-state index is -3.75. The van der Waals surface area contributed by atoms with E-state index in [2.05, 4.69) is 9.62 Å². The number of hydrazone groups is 1. The number of halogens is 1. The van der Waals surface area contributed by atoms with Crippen LogP contribution in [0.25, 0.3) is 0 Å². The van der Waals surface area contributed by atoms with Crippen molar-refractivity contribution >= 4 is 44.9 Å². The summed E-state index contributed by atoms with van der Waals surface area (Å²) in [4.78, 5) is 2.13. The Morgan fingerprint density at radius 2 is 1.78 bits per heavy atom. The third-order valence-corrected chi connectivity index (χ3v) is 7.92. The molecule has 0 radical (unpaired) electrons. The highest BCUT2D eigenvalue weighted by Gasteiger charge is 2.33. The molecule has 1 saturated heterocycles. The summed E-state index contributed by atoms with van der Waals surface area (Å²) in [5.74, 6) is -0.0494. The number of rotatable bonds is 4. The van der Waals surface area contributed by atoms with Gasteiger partial charge in [0.05, 0.1) is 12.3 Å². The van der Waals surface area contributed by atoms with Crippen LogP contribution in [-0.4, -0.2) is 73.2 Å². The third-order valence-electron chi connectivity index (χ3n) is 5.73. The third kappa shape index (κ3) is 5.29. The van der Waals surface area contributed by atoms with E-state index < -0.39 is 10.2 Å². The summed E-state index contributed by atoms with van der Waals surface area (Å²) in [6.07, 6.45) is 0.781.